The van der Waals surface area contributed by atoms with E-state index < -0.39 is 16.6 Å². The summed E-state index contributed by atoms with van der Waals surface area (Å²) in [6, 6.07) is 20.7. The first-order valence-electron chi connectivity index (χ1n) is 9.04. The first kappa shape index (κ1) is 19.0. The van der Waals surface area contributed by atoms with Crippen molar-refractivity contribution in [1.29, 1.82) is 5.26 Å². The Morgan fingerprint density at radius 3 is 2.40 bits per heavy atom. The van der Waals surface area contributed by atoms with Crippen LogP contribution in [0.1, 0.15) is 16.7 Å². The summed E-state index contributed by atoms with van der Waals surface area (Å²) in [7, 11) is 0. The largest absolute Gasteiger partial charge is 0.303 e. The van der Waals surface area contributed by atoms with Gasteiger partial charge in [0.05, 0.1) is 28.3 Å². The molecule has 1 aliphatic heterocycles. The molecule has 0 saturated carbocycles. The molecule has 0 spiro atoms. The number of nitriles is 1. The Morgan fingerprint density at radius 2 is 1.77 bits per heavy atom. The van der Waals surface area contributed by atoms with E-state index in [1.165, 1.54) is 47.4 Å². The first-order chi connectivity index (χ1) is 14.5. The third-order valence-electron chi connectivity index (χ3n) is 4.89. The number of non-ortho nitro benzene ring substituents is 1. The normalized spacial score (nSPS) is 14.3. The van der Waals surface area contributed by atoms with E-state index in [1.54, 1.807) is 0 Å². The van der Waals surface area contributed by atoms with Gasteiger partial charge in [0.1, 0.15) is 11.9 Å². The number of allylic oxidation sites excluding steroid dienone is 1. The van der Waals surface area contributed by atoms with Gasteiger partial charge in [-0.1, -0.05) is 30.3 Å². The van der Waals surface area contributed by atoms with Gasteiger partial charge in [0, 0.05) is 17.7 Å². The molecule has 0 radical (unpaired) electrons. The Morgan fingerprint density at radius 1 is 1.07 bits per heavy atom. The number of amides is 1. The second-order valence-corrected chi connectivity index (χ2v) is 6.70. The third kappa shape index (κ3) is 3.31. The van der Waals surface area contributed by atoms with Crippen molar-refractivity contribution in [3.05, 3.63) is 105 Å². The number of carbonyl (C=O) groups excluding carboxylic acids is 1. The zero-order valence-corrected chi connectivity index (χ0v) is 15.6. The van der Waals surface area contributed by atoms with Gasteiger partial charge in [0.2, 0.25) is 0 Å². The van der Waals surface area contributed by atoms with Crippen molar-refractivity contribution in [2.75, 3.05) is 4.90 Å². The van der Waals surface area contributed by atoms with Crippen LogP contribution >= 0.6 is 0 Å². The molecule has 0 aromatic heterocycles. The predicted molar refractivity (Wildman–Crippen MR) is 110 cm³/mol. The number of nitro benzene ring substituents is 1. The van der Waals surface area contributed by atoms with Gasteiger partial charge >= 0.3 is 0 Å². The molecule has 6 nitrogen and oxygen atoms in total. The molecule has 0 bridgehead atoms. The first-order valence-corrected chi connectivity index (χ1v) is 9.04. The maximum Gasteiger partial charge on any atom is 0.269 e. The van der Waals surface area contributed by atoms with E-state index in [9.17, 15) is 24.6 Å². The number of rotatable bonds is 4. The molecule has 1 amide bonds. The van der Waals surface area contributed by atoms with Crippen molar-refractivity contribution in [3.8, 4) is 6.07 Å². The van der Waals surface area contributed by atoms with Gasteiger partial charge in [-0.25, -0.2) is 4.39 Å². The highest BCUT2D eigenvalue weighted by Crippen LogP contribution is 2.42. The van der Waals surface area contributed by atoms with Crippen molar-refractivity contribution >= 4 is 28.4 Å². The van der Waals surface area contributed by atoms with Crippen molar-refractivity contribution in [2.24, 2.45) is 0 Å². The van der Waals surface area contributed by atoms with Crippen LogP contribution in [0, 0.1) is 27.3 Å². The van der Waals surface area contributed by atoms with E-state index in [2.05, 4.69) is 0 Å². The van der Waals surface area contributed by atoms with Gasteiger partial charge in [-0.2, -0.15) is 5.26 Å². The van der Waals surface area contributed by atoms with Gasteiger partial charge in [-0.3, -0.25) is 14.9 Å². The van der Waals surface area contributed by atoms with Crippen molar-refractivity contribution in [2.45, 2.75) is 6.54 Å². The van der Waals surface area contributed by atoms with E-state index in [-0.39, 0.29) is 23.4 Å². The van der Waals surface area contributed by atoms with Gasteiger partial charge in [-0.05, 0) is 41.5 Å². The van der Waals surface area contributed by atoms with E-state index in [0.29, 0.717) is 16.8 Å². The summed E-state index contributed by atoms with van der Waals surface area (Å²) in [5.41, 5.74) is 2.06. The zero-order chi connectivity index (χ0) is 21.3. The predicted octanol–water partition coefficient (Wildman–Crippen LogP) is 4.72. The molecule has 3 aromatic carbocycles. The van der Waals surface area contributed by atoms with Crippen LogP contribution in [-0.4, -0.2) is 10.8 Å². The van der Waals surface area contributed by atoms with Gasteiger partial charge in [0.15, 0.2) is 0 Å². The fraction of sp³-hybridized carbons (Fsp3) is 0.0435. The van der Waals surface area contributed by atoms with E-state index in [0.717, 1.165) is 5.56 Å². The van der Waals surface area contributed by atoms with E-state index in [4.69, 9.17) is 0 Å². The molecule has 0 saturated heterocycles. The van der Waals surface area contributed by atoms with Gasteiger partial charge in [-0.15, -0.1) is 0 Å². The number of benzene rings is 3. The fourth-order valence-electron chi connectivity index (χ4n) is 3.48. The molecule has 0 fully saturated rings. The van der Waals surface area contributed by atoms with Crippen LogP contribution in [0.25, 0.3) is 11.1 Å². The Kier molecular flexibility index (Phi) is 4.82. The highest BCUT2D eigenvalue weighted by atomic mass is 19.1. The van der Waals surface area contributed by atoms with Gasteiger partial charge in [0.25, 0.3) is 11.6 Å². The summed E-state index contributed by atoms with van der Waals surface area (Å²) in [5, 5.41) is 20.7. The summed E-state index contributed by atoms with van der Waals surface area (Å²) < 4.78 is 14.0. The smallest absolute Gasteiger partial charge is 0.269 e. The molecule has 3 aromatic rings. The maximum atomic E-state index is 14.0. The van der Waals surface area contributed by atoms with Crippen LogP contribution in [0.5, 0.6) is 0 Å². The Bertz CT molecular complexity index is 1230. The number of hydrogen-bond acceptors (Lipinski definition) is 4. The van der Waals surface area contributed by atoms with Crippen molar-refractivity contribution < 1.29 is 14.1 Å². The summed E-state index contributed by atoms with van der Waals surface area (Å²) in [5.74, 6) is -0.948. The quantitative estimate of drug-likeness (QED) is 0.275. The molecule has 0 N–H and O–H groups in total. The highest BCUT2D eigenvalue weighted by molar-refractivity contribution is 6.38. The zero-order valence-electron chi connectivity index (χ0n) is 15.6. The molecule has 0 unspecified atom stereocenters. The lowest BCUT2D eigenvalue weighted by molar-refractivity contribution is -0.384. The van der Waals surface area contributed by atoms with Crippen LogP contribution in [0.3, 0.4) is 0 Å². The Hall–Kier alpha value is -4.31. The van der Waals surface area contributed by atoms with Gasteiger partial charge < -0.3 is 4.90 Å². The molecule has 0 atom stereocenters. The Balaban J connectivity index is 1.86. The highest BCUT2D eigenvalue weighted by Gasteiger charge is 2.35. The number of nitro groups is 1. The average Bonchev–Trinajstić information content (AvgIpc) is 3.01. The summed E-state index contributed by atoms with van der Waals surface area (Å²) in [4.78, 5) is 25.2. The van der Waals surface area contributed by atoms with Crippen LogP contribution in [0.15, 0.2) is 72.8 Å². The van der Waals surface area contributed by atoms with E-state index >= 15 is 0 Å². The Labute approximate surface area is 171 Å². The van der Waals surface area contributed by atoms with Crippen LogP contribution in [0.2, 0.25) is 0 Å². The molecule has 7 heteroatoms. The lowest BCUT2D eigenvalue weighted by Crippen LogP contribution is -2.26. The van der Waals surface area contributed by atoms with Crippen LogP contribution < -0.4 is 4.90 Å². The standard InChI is InChI=1S/C23H14FN3O3/c24-17-8-11-21-19(12-17)22(23(28)26(21)14-15-4-2-1-3-5-15)20(13-25)16-6-9-18(10-7-16)27(29)30/h1-12H,14H2/b22-20+. The second kappa shape index (κ2) is 7.60. The summed E-state index contributed by atoms with van der Waals surface area (Å²) in [6.45, 7) is 0.265. The minimum Gasteiger partial charge on any atom is -0.303 e. The minimum absolute atomic E-state index is 0.0392. The molecule has 4 rings (SSSR count). The van der Waals surface area contributed by atoms with Crippen LogP contribution in [-0.2, 0) is 11.3 Å². The third-order valence-corrected chi connectivity index (χ3v) is 4.89. The number of hydrogen-bond donors (Lipinski definition) is 0. The molecule has 1 aliphatic rings. The maximum absolute atomic E-state index is 14.0. The average molecular weight is 399 g/mol. The second-order valence-electron chi connectivity index (χ2n) is 6.70. The van der Waals surface area contributed by atoms with Crippen LogP contribution in [0.4, 0.5) is 15.8 Å². The molecule has 0 aliphatic carbocycles. The SMILES string of the molecule is N#C/C(=C1\C(=O)N(Cc2ccccc2)c2ccc(F)cc21)c1ccc([N+](=O)[O-])cc1. The summed E-state index contributed by atoms with van der Waals surface area (Å²) in [6.07, 6.45) is 0. The molecular formula is C23H14FN3O3. The molecule has 30 heavy (non-hydrogen) atoms. The lowest BCUT2D eigenvalue weighted by atomic mass is 9.96. The molecule has 1 heterocycles. The monoisotopic (exact) mass is 399 g/mol. The van der Waals surface area contributed by atoms with Crippen molar-refractivity contribution in [3.63, 3.8) is 0 Å². The van der Waals surface area contributed by atoms with E-state index in [1.807, 2.05) is 36.4 Å². The fourth-order valence-corrected chi connectivity index (χ4v) is 3.48. The number of halogens is 1. The molecule has 146 valence electrons. The minimum atomic E-state index is -0.546. The number of nitrogens with zero attached hydrogens (tertiary/aromatic N) is 3. The lowest BCUT2D eigenvalue weighted by Gasteiger charge is -2.17. The number of anilines is 1. The number of carbonyl (C=O) groups is 1. The number of fused-ring (bicyclic) bond motifs is 1. The summed E-state index contributed by atoms with van der Waals surface area (Å²) >= 11 is 0. The van der Waals surface area contributed by atoms with Crippen molar-refractivity contribution in [1.82, 2.24) is 0 Å². The molecular weight excluding hydrogens is 385 g/mol. The topological polar surface area (TPSA) is 87.2 Å².